The van der Waals surface area contributed by atoms with E-state index in [0.29, 0.717) is 0 Å². The second kappa shape index (κ2) is 3.22. The van der Waals surface area contributed by atoms with Crippen LogP contribution in [0, 0.1) is 0 Å². The number of nitrogens with zero attached hydrogens (tertiary/aromatic N) is 1. The SMILES string of the molecule is O=C(O)N1CCNCC(F)(F)C1. The average molecular weight is 180 g/mol. The lowest BCUT2D eigenvalue weighted by Crippen LogP contribution is -2.40. The van der Waals surface area contributed by atoms with Gasteiger partial charge in [-0.3, -0.25) is 0 Å². The van der Waals surface area contributed by atoms with Gasteiger partial charge in [0.25, 0.3) is 5.92 Å². The number of carbonyl (C=O) groups is 1. The number of hydrogen-bond donors (Lipinski definition) is 2. The van der Waals surface area contributed by atoms with Crippen molar-refractivity contribution >= 4 is 6.09 Å². The second-order valence-electron chi connectivity index (χ2n) is 2.74. The van der Waals surface area contributed by atoms with Gasteiger partial charge in [-0.15, -0.1) is 0 Å². The molecule has 0 bridgehead atoms. The van der Waals surface area contributed by atoms with Gasteiger partial charge in [-0.2, -0.15) is 0 Å². The van der Waals surface area contributed by atoms with Crippen molar-refractivity contribution in [1.29, 1.82) is 0 Å². The molecule has 0 atom stereocenters. The Morgan fingerprint density at radius 1 is 1.58 bits per heavy atom. The van der Waals surface area contributed by atoms with Crippen LogP contribution in [0.15, 0.2) is 0 Å². The second-order valence-corrected chi connectivity index (χ2v) is 2.74. The minimum atomic E-state index is -2.95. The molecule has 0 spiro atoms. The van der Waals surface area contributed by atoms with E-state index in [2.05, 4.69) is 5.32 Å². The predicted octanol–water partition coefficient (Wildman–Crippen LogP) is 0.205. The van der Waals surface area contributed by atoms with E-state index in [1.807, 2.05) is 0 Å². The number of amides is 1. The Balaban J connectivity index is 2.60. The third-order valence-corrected chi connectivity index (χ3v) is 1.63. The predicted molar refractivity (Wildman–Crippen MR) is 37.4 cm³/mol. The molecule has 12 heavy (non-hydrogen) atoms. The molecule has 0 radical (unpaired) electrons. The number of hydrogen-bond acceptors (Lipinski definition) is 2. The number of nitrogens with one attached hydrogen (secondary N) is 1. The third kappa shape index (κ3) is 2.30. The Hall–Kier alpha value is -0.910. The maximum atomic E-state index is 12.7. The molecule has 1 aliphatic rings. The molecule has 1 rings (SSSR count). The molecule has 1 aliphatic heterocycles. The molecule has 1 amide bonds. The first-order chi connectivity index (χ1) is 5.51. The summed E-state index contributed by atoms with van der Waals surface area (Å²) in [5.41, 5.74) is 0. The summed E-state index contributed by atoms with van der Waals surface area (Å²) in [6, 6.07) is 0. The smallest absolute Gasteiger partial charge is 0.407 e. The summed E-state index contributed by atoms with van der Waals surface area (Å²) in [7, 11) is 0. The largest absolute Gasteiger partial charge is 0.465 e. The van der Waals surface area contributed by atoms with Gasteiger partial charge in [0.1, 0.15) is 0 Å². The van der Waals surface area contributed by atoms with Crippen molar-refractivity contribution in [3.63, 3.8) is 0 Å². The van der Waals surface area contributed by atoms with Gasteiger partial charge < -0.3 is 15.3 Å². The summed E-state index contributed by atoms with van der Waals surface area (Å²) in [5, 5.41) is 10.9. The zero-order valence-corrected chi connectivity index (χ0v) is 6.39. The number of rotatable bonds is 0. The monoisotopic (exact) mass is 180 g/mol. The first kappa shape index (κ1) is 9.18. The molecule has 1 saturated heterocycles. The van der Waals surface area contributed by atoms with Gasteiger partial charge in [0.05, 0.1) is 13.1 Å². The van der Waals surface area contributed by atoms with E-state index >= 15 is 0 Å². The summed E-state index contributed by atoms with van der Waals surface area (Å²) in [5.74, 6) is -2.95. The highest BCUT2D eigenvalue weighted by atomic mass is 19.3. The van der Waals surface area contributed by atoms with Crippen LogP contribution in [0.5, 0.6) is 0 Å². The van der Waals surface area contributed by atoms with E-state index < -0.39 is 25.1 Å². The van der Waals surface area contributed by atoms with Crippen molar-refractivity contribution < 1.29 is 18.7 Å². The number of carboxylic acid groups (broad SMARTS) is 1. The van der Waals surface area contributed by atoms with Gasteiger partial charge in [0.2, 0.25) is 0 Å². The van der Waals surface area contributed by atoms with Crippen molar-refractivity contribution in [3.05, 3.63) is 0 Å². The first-order valence-electron chi connectivity index (χ1n) is 3.58. The van der Waals surface area contributed by atoms with E-state index in [4.69, 9.17) is 5.11 Å². The molecule has 1 fully saturated rings. The zero-order chi connectivity index (χ0) is 9.19. The fourth-order valence-corrected chi connectivity index (χ4v) is 1.06. The van der Waals surface area contributed by atoms with Crippen LogP contribution in [0.4, 0.5) is 13.6 Å². The van der Waals surface area contributed by atoms with Gasteiger partial charge in [0.15, 0.2) is 0 Å². The van der Waals surface area contributed by atoms with Gasteiger partial charge in [-0.1, -0.05) is 0 Å². The van der Waals surface area contributed by atoms with Crippen LogP contribution in [0.3, 0.4) is 0 Å². The minimum absolute atomic E-state index is 0.116. The van der Waals surface area contributed by atoms with Crippen LogP contribution < -0.4 is 5.32 Å². The maximum absolute atomic E-state index is 12.7. The Kier molecular flexibility index (Phi) is 2.46. The lowest BCUT2D eigenvalue weighted by atomic mass is 10.3. The van der Waals surface area contributed by atoms with Gasteiger partial charge in [-0.05, 0) is 0 Å². The fourth-order valence-electron chi connectivity index (χ4n) is 1.06. The lowest BCUT2D eigenvalue weighted by molar-refractivity contribution is -0.0151. The zero-order valence-electron chi connectivity index (χ0n) is 6.39. The van der Waals surface area contributed by atoms with E-state index in [1.54, 1.807) is 0 Å². The molecular formula is C6H10F2N2O2. The Bertz CT molecular complexity index is 186. The molecule has 4 nitrogen and oxygen atoms in total. The van der Waals surface area contributed by atoms with Gasteiger partial charge in [0, 0.05) is 13.1 Å². The Labute approximate surface area is 68.2 Å². The van der Waals surface area contributed by atoms with Crippen molar-refractivity contribution in [1.82, 2.24) is 10.2 Å². The standard InChI is InChI=1S/C6H10F2N2O2/c7-6(8)3-9-1-2-10(4-6)5(11)12/h9H,1-4H2,(H,11,12). The Morgan fingerprint density at radius 2 is 2.25 bits per heavy atom. The number of halogens is 2. The van der Waals surface area contributed by atoms with Crippen molar-refractivity contribution in [2.24, 2.45) is 0 Å². The van der Waals surface area contributed by atoms with E-state index in [0.717, 1.165) is 4.90 Å². The highest BCUT2D eigenvalue weighted by Gasteiger charge is 2.35. The van der Waals surface area contributed by atoms with Crippen molar-refractivity contribution in [3.8, 4) is 0 Å². The molecule has 1 heterocycles. The summed E-state index contributed by atoms with van der Waals surface area (Å²) in [4.78, 5) is 11.1. The molecule has 0 saturated carbocycles. The van der Waals surface area contributed by atoms with Crippen LogP contribution in [-0.4, -0.2) is 48.2 Å². The van der Waals surface area contributed by atoms with Gasteiger partial charge >= 0.3 is 6.09 Å². The van der Waals surface area contributed by atoms with Crippen molar-refractivity contribution in [2.75, 3.05) is 26.2 Å². The lowest BCUT2D eigenvalue weighted by Gasteiger charge is -2.20. The van der Waals surface area contributed by atoms with Gasteiger partial charge in [-0.25, -0.2) is 13.6 Å². The quantitative estimate of drug-likeness (QED) is 0.560. The van der Waals surface area contributed by atoms with E-state index in [1.165, 1.54) is 0 Å². The third-order valence-electron chi connectivity index (χ3n) is 1.63. The summed E-state index contributed by atoms with van der Waals surface area (Å²) in [6.45, 7) is -0.765. The highest BCUT2D eigenvalue weighted by Crippen LogP contribution is 2.15. The average Bonchev–Trinajstić information content (AvgIpc) is 2.10. The molecule has 0 unspecified atom stereocenters. The molecular weight excluding hydrogens is 170 g/mol. The van der Waals surface area contributed by atoms with Crippen molar-refractivity contribution in [2.45, 2.75) is 5.92 Å². The van der Waals surface area contributed by atoms with Crippen LogP contribution in [-0.2, 0) is 0 Å². The minimum Gasteiger partial charge on any atom is -0.465 e. The molecule has 2 N–H and O–H groups in total. The van der Waals surface area contributed by atoms with Crippen LogP contribution >= 0.6 is 0 Å². The molecule has 0 aromatic heterocycles. The number of alkyl halides is 2. The van der Waals surface area contributed by atoms with Crippen LogP contribution in [0.25, 0.3) is 0 Å². The maximum Gasteiger partial charge on any atom is 0.407 e. The fraction of sp³-hybridized carbons (Fsp3) is 0.833. The summed E-state index contributed by atoms with van der Waals surface area (Å²) < 4.78 is 25.4. The van der Waals surface area contributed by atoms with E-state index in [9.17, 15) is 13.6 Å². The molecule has 0 aromatic rings. The molecule has 70 valence electrons. The molecule has 6 heteroatoms. The summed E-state index contributed by atoms with van der Waals surface area (Å²) in [6.07, 6.45) is -1.29. The van der Waals surface area contributed by atoms with Crippen LogP contribution in [0.2, 0.25) is 0 Å². The normalized spacial score (nSPS) is 23.3. The summed E-state index contributed by atoms with van der Waals surface area (Å²) >= 11 is 0. The van der Waals surface area contributed by atoms with E-state index in [-0.39, 0.29) is 13.1 Å². The van der Waals surface area contributed by atoms with Crippen LogP contribution in [0.1, 0.15) is 0 Å². The molecule has 0 aromatic carbocycles. The first-order valence-corrected chi connectivity index (χ1v) is 3.58. The molecule has 0 aliphatic carbocycles. The Morgan fingerprint density at radius 3 is 2.83 bits per heavy atom. The topological polar surface area (TPSA) is 52.6 Å². The highest BCUT2D eigenvalue weighted by molar-refractivity contribution is 5.65.